The second-order valence-corrected chi connectivity index (χ2v) is 6.79. The number of amides is 2. The van der Waals surface area contributed by atoms with Crippen molar-refractivity contribution >= 4 is 29.0 Å². The van der Waals surface area contributed by atoms with Crippen molar-refractivity contribution in [2.45, 2.75) is 12.8 Å². The molecular weight excluding hydrogens is 324 g/mol. The van der Waals surface area contributed by atoms with Crippen molar-refractivity contribution in [3.63, 3.8) is 0 Å². The number of pyridine rings is 1. The van der Waals surface area contributed by atoms with Crippen LogP contribution >= 0.6 is 11.3 Å². The van der Waals surface area contributed by atoms with E-state index in [2.05, 4.69) is 4.98 Å². The zero-order valence-electron chi connectivity index (χ0n) is 13.4. The predicted octanol–water partition coefficient (Wildman–Crippen LogP) is 1.64. The van der Waals surface area contributed by atoms with Gasteiger partial charge in [0, 0.05) is 37.3 Å². The van der Waals surface area contributed by atoms with Gasteiger partial charge in [-0.25, -0.2) is 4.98 Å². The normalized spacial score (nSPS) is 15.2. The van der Waals surface area contributed by atoms with Crippen molar-refractivity contribution in [1.82, 2.24) is 14.8 Å². The lowest BCUT2D eigenvalue weighted by molar-refractivity contribution is -0.130. The van der Waals surface area contributed by atoms with E-state index in [0.29, 0.717) is 44.0 Å². The van der Waals surface area contributed by atoms with Crippen molar-refractivity contribution in [1.29, 1.82) is 0 Å². The van der Waals surface area contributed by atoms with E-state index in [9.17, 15) is 9.59 Å². The van der Waals surface area contributed by atoms with Gasteiger partial charge in [0.15, 0.2) is 0 Å². The molecule has 2 aromatic heterocycles. The van der Waals surface area contributed by atoms with Crippen LogP contribution in [0.5, 0.6) is 0 Å². The lowest BCUT2D eigenvalue weighted by Crippen LogP contribution is -2.37. The molecule has 2 amide bonds. The zero-order valence-corrected chi connectivity index (χ0v) is 14.2. The highest BCUT2D eigenvalue weighted by Crippen LogP contribution is 2.13. The van der Waals surface area contributed by atoms with Gasteiger partial charge >= 0.3 is 0 Å². The maximum absolute atomic E-state index is 12.5. The van der Waals surface area contributed by atoms with Gasteiger partial charge in [0.25, 0.3) is 5.91 Å². The molecule has 2 aromatic rings. The Hall–Kier alpha value is -2.41. The fourth-order valence-electron chi connectivity index (χ4n) is 2.76. The molecule has 3 rings (SSSR count). The van der Waals surface area contributed by atoms with Crippen LogP contribution in [0.2, 0.25) is 0 Å². The number of anilines is 1. The lowest BCUT2D eigenvalue weighted by Gasteiger charge is -2.22. The summed E-state index contributed by atoms with van der Waals surface area (Å²) < 4.78 is 0. The average molecular weight is 344 g/mol. The third-order valence-electron chi connectivity index (χ3n) is 4.07. The molecule has 6 nitrogen and oxygen atoms in total. The first-order valence-electron chi connectivity index (χ1n) is 7.94. The summed E-state index contributed by atoms with van der Waals surface area (Å²) >= 11 is 1.60. The van der Waals surface area contributed by atoms with E-state index in [1.54, 1.807) is 28.4 Å². The van der Waals surface area contributed by atoms with Crippen molar-refractivity contribution in [3.8, 4) is 0 Å². The van der Waals surface area contributed by atoms with Crippen LogP contribution in [0.4, 0.5) is 5.82 Å². The minimum absolute atomic E-state index is 0.0601. The molecule has 1 aliphatic heterocycles. The van der Waals surface area contributed by atoms with Gasteiger partial charge in [-0.15, -0.1) is 11.3 Å². The number of aromatic nitrogens is 1. The molecule has 24 heavy (non-hydrogen) atoms. The summed E-state index contributed by atoms with van der Waals surface area (Å²) in [6.45, 7) is 2.44. The zero-order chi connectivity index (χ0) is 16.9. The summed E-state index contributed by atoms with van der Waals surface area (Å²) in [6.07, 6.45) is 2.72. The Labute approximate surface area is 144 Å². The Morgan fingerprint density at radius 3 is 2.62 bits per heavy atom. The number of rotatable bonds is 3. The van der Waals surface area contributed by atoms with Crippen LogP contribution in [-0.2, 0) is 11.2 Å². The number of carbonyl (C=O) groups excluding carboxylic acids is 2. The van der Waals surface area contributed by atoms with Crippen molar-refractivity contribution < 1.29 is 9.59 Å². The van der Waals surface area contributed by atoms with Gasteiger partial charge in [0.1, 0.15) is 5.82 Å². The number of hydrogen-bond acceptors (Lipinski definition) is 5. The van der Waals surface area contributed by atoms with Gasteiger partial charge in [0.05, 0.1) is 12.0 Å². The molecule has 0 spiro atoms. The number of nitrogens with two attached hydrogens (primary N) is 1. The summed E-state index contributed by atoms with van der Waals surface area (Å²) in [5.41, 5.74) is 6.09. The molecular formula is C17H20N4O2S. The summed E-state index contributed by atoms with van der Waals surface area (Å²) in [5, 5.41) is 1.98. The van der Waals surface area contributed by atoms with Crippen LogP contribution in [0.15, 0.2) is 35.8 Å². The highest BCUT2D eigenvalue weighted by Gasteiger charge is 2.23. The molecule has 7 heteroatoms. The minimum atomic E-state index is -0.0601. The number of thiophene rings is 1. The van der Waals surface area contributed by atoms with E-state index in [4.69, 9.17) is 5.73 Å². The minimum Gasteiger partial charge on any atom is -0.384 e. The summed E-state index contributed by atoms with van der Waals surface area (Å²) in [5.74, 6) is 0.462. The van der Waals surface area contributed by atoms with Gasteiger partial charge in [-0.3, -0.25) is 9.59 Å². The van der Waals surface area contributed by atoms with Gasteiger partial charge in [-0.1, -0.05) is 6.07 Å². The van der Waals surface area contributed by atoms with E-state index in [1.165, 1.54) is 6.20 Å². The molecule has 1 aliphatic rings. The largest absolute Gasteiger partial charge is 0.384 e. The van der Waals surface area contributed by atoms with Gasteiger partial charge < -0.3 is 15.5 Å². The lowest BCUT2D eigenvalue weighted by atomic mass is 10.2. The highest BCUT2D eigenvalue weighted by atomic mass is 32.1. The Morgan fingerprint density at radius 2 is 1.92 bits per heavy atom. The second kappa shape index (κ2) is 7.44. The molecule has 0 aromatic carbocycles. The average Bonchev–Trinajstić information content (AvgIpc) is 2.96. The van der Waals surface area contributed by atoms with E-state index in [1.807, 2.05) is 22.4 Å². The molecule has 0 unspecified atom stereocenters. The molecule has 126 valence electrons. The molecule has 3 heterocycles. The number of hydrogen-bond donors (Lipinski definition) is 1. The maximum atomic E-state index is 12.5. The third kappa shape index (κ3) is 3.91. The van der Waals surface area contributed by atoms with Gasteiger partial charge in [-0.2, -0.15) is 0 Å². The number of nitrogen functional groups attached to an aromatic ring is 1. The SMILES string of the molecule is Nc1ccc(C(=O)N2CCCN(C(=O)Cc3cccs3)CC2)cn1. The van der Waals surface area contributed by atoms with Crippen LogP contribution < -0.4 is 5.73 Å². The quantitative estimate of drug-likeness (QED) is 0.918. The molecule has 1 saturated heterocycles. The van der Waals surface area contributed by atoms with E-state index in [-0.39, 0.29) is 11.8 Å². The smallest absolute Gasteiger partial charge is 0.255 e. The van der Waals surface area contributed by atoms with Gasteiger partial charge in [0.2, 0.25) is 5.91 Å². The van der Waals surface area contributed by atoms with Crippen LogP contribution in [0.1, 0.15) is 21.7 Å². The fraction of sp³-hybridized carbons (Fsp3) is 0.353. The Morgan fingerprint density at radius 1 is 1.12 bits per heavy atom. The Kier molecular flexibility index (Phi) is 5.10. The standard InChI is InChI=1S/C17H20N4O2S/c18-15-5-4-13(12-19-15)17(23)21-7-2-6-20(8-9-21)16(22)11-14-3-1-10-24-14/h1,3-5,10,12H,2,6-9,11H2,(H2,18,19). The van der Waals surface area contributed by atoms with Crippen molar-refractivity contribution in [2.24, 2.45) is 0 Å². The molecule has 0 aliphatic carbocycles. The first kappa shape index (κ1) is 16.4. The van der Waals surface area contributed by atoms with E-state index in [0.717, 1.165) is 11.3 Å². The molecule has 1 fully saturated rings. The van der Waals surface area contributed by atoms with E-state index < -0.39 is 0 Å². The summed E-state index contributed by atoms with van der Waals surface area (Å²) in [6, 6.07) is 7.25. The molecule has 2 N–H and O–H groups in total. The summed E-state index contributed by atoms with van der Waals surface area (Å²) in [4.78, 5) is 33.6. The Bertz CT molecular complexity index is 700. The van der Waals surface area contributed by atoms with Gasteiger partial charge in [-0.05, 0) is 30.0 Å². The van der Waals surface area contributed by atoms with Crippen LogP contribution in [-0.4, -0.2) is 52.8 Å². The van der Waals surface area contributed by atoms with Crippen molar-refractivity contribution in [2.75, 3.05) is 31.9 Å². The summed E-state index contributed by atoms with van der Waals surface area (Å²) in [7, 11) is 0. The molecule has 0 radical (unpaired) electrons. The van der Waals surface area contributed by atoms with Crippen LogP contribution in [0.25, 0.3) is 0 Å². The van der Waals surface area contributed by atoms with Crippen LogP contribution in [0, 0.1) is 0 Å². The Balaban J connectivity index is 1.59. The molecule has 0 atom stereocenters. The van der Waals surface area contributed by atoms with E-state index >= 15 is 0 Å². The fourth-order valence-corrected chi connectivity index (χ4v) is 3.45. The highest BCUT2D eigenvalue weighted by molar-refractivity contribution is 7.10. The first-order valence-corrected chi connectivity index (χ1v) is 8.82. The van der Waals surface area contributed by atoms with Crippen molar-refractivity contribution in [3.05, 3.63) is 46.3 Å². The molecule has 0 saturated carbocycles. The van der Waals surface area contributed by atoms with Crippen LogP contribution in [0.3, 0.4) is 0 Å². The maximum Gasteiger partial charge on any atom is 0.255 e. The topological polar surface area (TPSA) is 79.5 Å². The third-order valence-corrected chi connectivity index (χ3v) is 4.95. The molecule has 0 bridgehead atoms. The number of carbonyl (C=O) groups is 2. The monoisotopic (exact) mass is 344 g/mol. The second-order valence-electron chi connectivity index (χ2n) is 5.75. The predicted molar refractivity (Wildman–Crippen MR) is 93.8 cm³/mol. The number of nitrogens with zero attached hydrogens (tertiary/aromatic N) is 3. The first-order chi connectivity index (χ1) is 11.6.